The van der Waals surface area contributed by atoms with Crippen LogP contribution in [0.5, 0.6) is 0 Å². The SMILES string of the molecule is CNCCCN(C)C(=O)Nc1cc(C(=O)O)ccc1F. The molecule has 0 bridgehead atoms. The van der Waals surface area contributed by atoms with E-state index in [2.05, 4.69) is 10.6 Å². The molecule has 0 aliphatic heterocycles. The summed E-state index contributed by atoms with van der Waals surface area (Å²) in [5.74, 6) is -1.85. The van der Waals surface area contributed by atoms with Gasteiger partial charge >= 0.3 is 12.0 Å². The minimum absolute atomic E-state index is 0.0838. The lowest BCUT2D eigenvalue weighted by molar-refractivity contribution is 0.0697. The number of carboxylic acid groups (broad SMARTS) is 1. The number of halogens is 1. The second kappa shape index (κ2) is 7.44. The van der Waals surface area contributed by atoms with Crippen LogP contribution in [-0.4, -0.2) is 49.2 Å². The first-order valence-electron chi connectivity index (χ1n) is 6.15. The molecule has 110 valence electrons. The van der Waals surface area contributed by atoms with Gasteiger partial charge in [-0.15, -0.1) is 0 Å². The van der Waals surface area contributed by atoms with Crippen molar-refractivity contribution in [1.82, 2.24) is 10.2 Å². The molecule has 7 heteroatoms. The van der Waals surface area contributed by atoms with Gasteiger partial charge in [0.25, 0.3) is 0 Å². The topological polar surface area (TPSA) is 81.7 Å². The summed E-state index contributed by atoms with van der Waals surface area (Å²) < 4.78 is 13.5. The number of hydrogen-bond donors (Lipinski definition) is 3. The molecule has 20 heavy (non-hydrogen) atoms. The van der Waals surface area contributed by atoms with Gasteiger partial charge in [0.1, 0.15) is 5.82 Å². The summed E-state index contributed by atoms with van der Waals surface area (Å²) >= 11 is 0. The fourth-order valence-corrected chi connectivity index (χ4v) is 1.56. The smallest absolute Gasteiger partial charge is 0.335 e. The van der Waals surface area contributed by atoms with Gasteiger partial charge in [0.15, 0.2) is 0 Å². The standard InChI is InChI=1S/C13H18FN3O3/c1-15-6-3-7-17(2)13(20)16-11-8-9(12(18)19)4-5-10(11)14/h4-5,8,15H,3,6-7H2,1-2H3,(H,16,20)(H,18,19). The van der Waals surface area contributed by atoms with Gasteiger partial charge in [0.2, 0.25) is 0 Å². The molecule has 0 radical (unpaired) electrons. The molecule has 0 heterocycles. The minimum Gasteiger partial charge on any atom is -0.478 e. The molecule has 1 aromatic rings. The van der Waals surface area contributed by atoms with Crippen molar-refractivity contribution < 1.29 is 19.1 Å². The van der Waals surface area contributed by atoms with Crippen LogP contribution in [-0.2, 0) is 0 Å². The average Bonchev–Trinajstić information content (AvgIpc) is 2.41. The Morgan fingerprint density at radius 2 is 2.10 bits per heavy atom. The number of urea groups is 1. The van der Waals surface area contributed by atoms with Crippen LogP contribution < -0.4 is 10.6 Å². The van der Waals surface area contributed by atoms with Gasteiger partial charge in [-0.3, -0.25) is 0 Å². The van der Waals surface area contributed by atoms with Crippen molar-refractivity contribution in [1.29, 1.82) is 0 Å². The van der Waals surface area contributed by atoms with E-state index in [1.165, 1.54) is 4.90 Å². The summed E-state index contributed by atoms with van der Waals surface area (Å²) in [7, 11) is 3.40. The van der Waals surface area contributed by atoms with Crippen molar-refractivity contribution >= 4 is 17.7 Å². The third-order valence-corrected chi connectivity index (χ3v) is 2.72. The van der Waals surface area contributed by atoms with E-state index in [-0.39, 0.29) is 11.3 Å². The maximum absolute atomic E-state index is 13.5. The molecule has 0 aliphatic rings. The number of nitrogens with one attached hydrogen (secondary N) is 2. The number of amides is 2. The molecule has 0 aromatic heterocycles. The molecule has 1 rings (SSSR count). The number of rotatable bonds is 6. The van der Waals surface area contributed by atoms with Crippen LogP contribution >= 0.6 is 0 Å². The Morgan fingerprint density at radius 3 is 2.70 bits per heavy atom. The van der Waals surface area contributed by atoms with Crippen molar-refractivity contribution in [2.45, 2.75) is 6.42 Å². The number of benzene rings is 1. The van der Waals surface area contributed by atoms with Gasteiger partial charge in [-0.1, -0.05) is 0 Å². The van der Waals surface area contributed by atoms with Crippen LogP contribution in [0.25, 0.3) is 0 Å². The fraction of sp³-hybridized carbons (Fsp3) is 0.385. The number of carbonyl (C=O) groups excluding carboxylic acids is 1. The number of carboxylic acids is 1. The monoisotopic (exact) mass is 283 g/mol. The van der Waals surface area contributed by atoms with Crippen molar-refractivity contribution in [2.75, 3.05) is 32.5 Å². The molecule has 0 saturated carbocycles. The van der Waals surface area contributed by atoms with Gasteiger partial charge < -0.3 is 20.6 Å². The molecule has 0 unspecified atom stereocenters. The third-order valence-electron chi connectivity index (χ3n) is 2.72. The second-order valence-electron chi connectivity index (χ2n) is 4.31. The number of aromatic carboxylic acids is 1. The molecule has 0 atom stereocenters. The third kappa shape index (κ3) is 4.51. The highest BCUT2D eigenvalue weighted by Gasteiger charge is 2.13. The Labute approximate surface area is 116 Å². The first-order valence-corrected chi connectivity index (χ1v) is 6.15. The van der Waals surface area contributed by atoms with Crippen LogP contribution in [0.3, 0.4) is 0 Å². The maximum Gasteiger partial charge on any atom is 0.335 e. The van der Waals surface area contributed by atoms with E-state index >= 15 is 0 Å². The van der Waals surface area contributed by atoms with Crippen LogP contribution in [0.1, 0.15) is 16.8 Å². The zero-order chi connectivity index (χ0) is 15.1. The second-order valence-corrected chi connectivity index (χ2v) is 4.31. The molecule has 6 nitrogen and oxygen atoms in total. The lowest BCUT2D eigenvalue weighted by Crippen LogP contribution is -2.33. The normalized spacial score (nSPS) is 10.2. The zero-order valence-corrected chi connectivity index (χ0v) is 11.4. The lowest BCUT2D eigenvalue weighted by atomic mass is 10.2. The molecule has 1 aromatic carbocycles. The zero-order valence-electron chi connectivity index (χ0n) is 11.4. The molecular weight excluding hydrogens is 265 g/mol. The molecule has 0 aliphatic carbocycles. The van der Waals surface area contributed by atoms with Gasteiger partial charge in [-0.05, 0) is 38.2 Å². The predicted molar refractivity (Wildman–Crippen MR) is 73.6 cm³/mol. The highest BCUT2D eigenvalue weighted by Crippen LogP contribution is 2.16. The van der Waals surface area contributed by atoms with E-state index < -0.39 is 17.8 Å². The maximum atomic E-state index is 13.5. The Hall–Kier alpha value is -2.15. The summed E-state index contributed by atoms with van der Waals surface area (Å²) in [6, 6.07) is 2.77. The highest BCUT2D eigenvalue weighted by molar-refractivity contribution is 5.93. The van der Waals surface area contributed by atoms with Crippen LogP contribution in [0.4, 0.5) is 14.9 Å². The number of hydrogen-bond acceptors (Lipinski definition) is 3. The largest absolute Gasteiger partial charge is 0.478 e. The number of carbonyl (C=O) groups is 2. The van der Waals surface area contributed by atoms with E-state index in [0.717, 1.165) is 31.2 Å². The van der Waals surface area contributed by atoms with E-state index in [1.807, 2.05) is 7.05 Å². The summed E-state index contributed by atoms with van der Waals surface area (Å²) in [6.45, 7) is 1.27. The van der Waals surface area contributed by atoms with Crippen LogP contribution in [0, 0.1) is 5.82 Å². The lowest BCUT2D eigenvalue weighted by Gasteiger charge is -2.18. The molecule has 0 fully saturated rings. The Kier molecular flexibility index (Phi) is 5.92. The van der Waals surface area contributed by atoms with Gasteiger partial charge in [-0.2, -0.15) is 0 Å². The van der Waals surface area contributed by atoms with Crippen LogP contribution in [0.2, 0.25) is 0 Å². The van der Waals surface area contributed by atoms with E-state index in [0.29, 0.717) is 6.54 Å². The van der Waals surface area contributed by atoms with Crippen molar-refractivity contribution in [3.05, 3.63) is 29.6 Å². The van der Waals surface area contributed by atoms with E-state index in [4.69, 9.17) is 5.11 Å². The number of nitrogens with zero attached hydrogens (tertiary/aromatic N) is 1. The molecule has 0 saturated heterocycles. The Morgan fingerprint density at radius 1 is 1.40 bits per heavy atom. The Bertz CT molecular complexity index is 494. The van der Waals surface area contributed by atoms with Gasteiger partial charge in [0.05, 0.1) is 11.3 Å². The first-order chi connectivity index (χ1) is 9.45. The Balaban J connectivity index is 2.69. The molecule has 2 amide bonds. The van der Waals surface area contributed by atoms with Crippen molar-refractivity contribution in [3.63, 3.8) is 0 Å². The first kappa shape index (κ1) is 15.9. The number of anilines is 1. The van der Waals surface area contributed by atoms with Gasteiger partial charge in [0, 0.05) is 13.6 Å². The summed E-state index contributed by atoms with van der Waals surface area (Å²) in [5.41, 5.74) is -0.227. The highest BCUT2D eigenvalue weighted by atomic mass is 19.1. The van der Waals surface area contributed by atoms with Gasteiger partial charge in [-0.25, -0.2) is 14.0 Å². The summed E-state index contributed by atoms with van der Waals surface area (Å²) in [4.78, 5) is 24.0. The van der Waals surface area contributed by atoms with E-state index in [9.17, 15) is 14.0 Å². The molecular formula is C13H18FN3O3. The average molecular weight is 283 g/mol. The van der Waals surface area contributed by atoms with E-state index in [1.54, 1.807) is 7.05 Å². The minimum atomic E-state index is -1.18. The fourth-order valence-electron chi connectivity index (χ4n) is 1.56. The van der Waals surface area contributed by atoms with Crippen LogP contribution in [0.15, 0.2) is 18.2 Å². The van der Waals surface area contributed by atoms with Crippen molar-refractivity contribution in [3.8, 4) is 0 Å². The van der Waals surface area contributed by atoms with Crippen molar-refractivity contribution in [2.24, 2.45) is 0 Å². The summed E-state index contributed by atoms with van der Waals surface area (Å²) in [6.07, 6.45) is 0.762. The quantitative estimate of drug-likeness (QED) is 0.693. The summed E-state index contributed by atoms with van der Waals surface area (Å²) in [5, 5.41) is 14.2. The molecule has 3 N–H and O–H groups in total. The predicted octanol–water partition coefficient (Wildman–Crippen LogP) is 1.60. The molecule has 0 spiro atoms.